The molecule has 3 aliphatic rings. The predicted octanol–water partition coefficient (Wildman–Crippen LogP) is 5.33. The first kappa shape index (κ1) is 25.8. The zero-order valence-corrected chi connectivity index (χ0v) is 22.0. The van der Waals surface area contributed by atoms with E-state index >= 15 is 0 Å². The van der Waals surface area contributed by atoms with Crippen LogP contribution in [0.25, 0.3) is 0 Å². The molecule has 0 spiro atoms. The van der Waals surface area contributed by atoms with Crippen molar-refractivity contribution in [3.05, 3.63) is 87.8 Å². The van der Waals surface area contributed by atoms with Crippen LogP contribution in [-0.4, -0.2) is 38.0 Å². The molecule has 2 aromatic carbocycles. The van der Waals surface area contributed by atoms with Crippen molar-refractivity contribution < 1.29 is 28.6 Å². The van der Waals surface area contributed by atoms with Crippen LogP contribution in [0.4, 0.5) is 0 Å². The van der Waals surface area contributed by atoms with Gasteiger partial charge < -0.3 is 19.5 Å². The number of benzene rings is 2. The predicted molar refractivity (Wildman–Crippen MR) is 142 cm³/mol. The summed E-state index contributed by atoms with van der Waals surface area (Å²) in [6.45, 7) is 1.86. The van der Waals surface area contributed by atoms with Crippen molar-refractivity contribution in [3.63, 3.8) is 0 Å². The van der Waals surface area contributed by atoms with Crippen molar-refractivity contribution in [2.24, 2.45) is 0 Å². The molecule has 2 aromatic rings. The normalized spacial score (nSPS) is 21.6. The third-order valence-electron chi connectivity index (χ3n) is 7.87. The second-order valence-corrected chi connectivity index (χ2v) is 10.2. The monoisotopic (exact) mass is 515 g/mol. The summed E-state index contributed by atoms with van der Waals surface area (Å²) in [5.74, 6) is -0.730. The van der Waals surface area contributed by atoms with Gasteiger partial charge in [0, 0.05) is 35.2 Å². The minimum absolute atomic E-state index is 0.0182. The van der Waals surface area contributed by atoms with Gasteiger partial charge in [-0.3, -0.25) is 4.79 Å². The number of ether oxygens (including phenoxy) is 3. The lowest BCUT2D eigenvalue weighted by Crippen LogP contribution is -2.36. The molecule has 198 valence electrons. The third-order valence-corrected chi connectivity index (χ3v) is 7.87. The molecular formula is C31H33NO6. The van der Waals surface area contributed by atoms with Gasteiger partial charge in [-0.15, -0.1) is 0 Å². The highest BCUT2D eigenvalue weighted by Gasteiger charge is 2.42. The number of ketones is 1. The van der Waals surface area contributed by atoms with E-state index in [4.69, 9.17) is 14.2 Å². The van der Waals surface area contributed by atoms with Gasteiger partial charge in [-0.2, -0.15) is 0 Å². The molecule has 1 aliphatic heterocycles. The Bertz CT molecular complexity index is 1320. The molecule has 1 N–H and O–H groups in total. The van der Waals surface area contributed by atoms with Crippen LogP contribution in [0.15, 0.2) is 71.1 Å². The van der Waals surface area contributed by atoms with E-state index in [0.29, 0.717) is 35.2 Å². The van der Waals surface area contributed by atoms with Crippen molar-refractivity contribution in [3.8, 4) is 5.75 Å². The van der Waals surface area contributed by atoms with E-state index in [9.17, 15) is 14.4 Å². The van der Waals surface area contributed by atoms with Crippen LogP contribution in [-0.2, 0) is 19.1 Å². The van der Waals surface area contributed by atoms with E-state index < -0.39 is 17.9 Å². The molecule has 1 fully saturated rings. The van der Waals surface area contributed by atoms with Gasteiger partial charge in [0.05, 0.1) is 25.4 Å². The summed E-state index contributed by atoms with van der Waals surface area (Å²) in [7, 11) is 2.97. The van der Waals surface area contributed by atoms with E-state index in [1.807, 2.05) is 31.2 Å². The summed E-state index contributed by atoms with van der Waals surface area (Å²) >= 11 is 0. The molecule has 0 amide bonds. The number of methoxy groups -OCH3 is 2. The van der Waals surface area contributed by atoms with E-state index in [1.54, 1.807) is 31.4 Å². The van der Waals surface area contributed by atoms with E-state index in [2.05, 4.69) is 5.32 Å². The molecule has 38 heavy (non-hydrogen) atoms. The van der Waals surface area contributed by atoms with Crippen molar-refractivity contribution >= 4 is 17.7 Å². The SMILES string of the molecule is COC(=O)c1ccc([C@@H]2C(C(=O)OC3CCCC3)=C(C)NC3=C2C(=O)C[C@@H](c2ccccc2OC)C3)cc1. The van der Waals surface area contributed by atoms with Crippen LogP contribution >= 0.6 is 0 Å². The summed E-state index contributed by atoms with van der Waals surface area (Å²) in [5, 5.41) is 3.40. The molecule has 5 rings (SSSR count). The summed E-state index contributed by atoms with van der Waals surface area (Å²) in [5.41, 5.74) is 4.69. The molecule has 0 bridgehead atoms. The van der Waals surface area contributed by atoms with Gasteiger partial charge >= 0.3 is 11.9 Å². The summed E-state index contributed by atoms with van der Waals surface area (Å²) in [6, 6.07) is 14.7. The first-order valence-electron chi connectivity index (χ1n) is 13.2. The smallest absolute Gasteiger partial charge is 0.337 e. The molecule has 0 saturated heterocycles. The van der Waals surface area contributed by atoms with Crippen LogP contribution in [0.5, 0.6) is 5.75 Å². The second-order valence-electron chi connectivity index (χ2n) is 10.2. The number of hydrogen-bond donors (Lipinski definition) is 1. The van der Waals surface area contributed by atoms with Crippen LogP contribution in [0.3, 0.4) is 0 Å². The van der Waals surface area contributed by atoms with Crippen LogP contribution < -0.4 is 10.1 Å². The van der Waals surface area contributed by atoms with Gasteiger partial charge in [0.25, 0.3) is 0 Å². The molecule has 0 radical (unpaired) electrons. The molecule has 2 aliphatic carbocycles. The van der Waals surface area contributed by atoms with E-state index in [0.717, 1.165) is 48.3 Å². The fourth-order valence-corrected chi connectivity index (χ4v) is 6.02. The fraction of sp³-hybridized carbons (Fsp3) is 0.387. The zero-order valence-electron chi connectivity index (χ0n) is 22.0. The number of esters is 2. The Labute approximate surface area is 222 Å². The van der Waals surface area contributed by atoms with Gasteiger partial charge in [0.1, 0.15) is 11.9 Å². The van der Waals surface area contributed by atoms with E-state index in [-0.39, 0.29) is 17.8 Å². The quantitative estimate of drug-likeness (QED) is 0.520. The maximum absolute atomic E-state index is 13.8. The maximum Gasteiger partial charge on any atom is 0.337 e. The Hall–Kier alpha value is -3.87. The Morgan fingerprint density at radius 3 is 2.32 bits per heavy atom. The number of carbonyl (C=O) groups excluding carboxylic acids is 3. The number of dihydropyridines is 1. The number of nitrogens with one attached hydrogen (secondary N) is 1. The Kier molecular flexibility index (Phi) is 7.36. The number of Topliss-reactive ketones (excluding diaryl/α,β-unsaturated/α-hetero) is 1. The maximum atomic E-state index is 13.8. The average molecular weight is 516 g/mol. The minimum Gasteiger partial charge on any atom is -0.496 e. The average Bonchev–Trinajstić information content (AvgIpc) is 3.44. The zero-order chi connectivity index (χ0) is 26.8. The first-order valence-corrected chi connectivity index (χ1v) is 13.2. The highest BCUT2D eigenvalue weighted by atomic mass is 16.5. The molecule has 1 heterocycles. The van der Waals surface area contributed by atoms with E-state index in [1.165, 1.54) is 7.11 Å². The molecule has 0 aromatic heterocycles. The minimum atomic E-state index is -0.585. The molecule has 0 unspecified atom stereocenters. The number of rotatable bonds is 6. The lowest BCUT2D eigenvalue weighted by atomic mass is 9.71. The Morgan fingerprint density at radius 1 is 0.921 bits per heavy atom. The molecule has 7 nitrogen and oxygen atoms in total. The number of hydrogen-bond acceptors (Lipinski definition) is 7. The third kappa shape index (κ3) is 4.85. The molecular weight excluding hydrogens is 482 g/mol. The summed E-state index contributed by atoms with van der Waals surface area (Å²) in [6.07, 6.45) is 4.63. The summed E-state index contributed by atoms with van der Waals surface area (Å²) < 4.78 is 16.3. The van der Waals surface area contributed by atoms with Gasteiger partial charge in [-0.05, 0) is 68.4 Å². The molecule has 2 atom stereocenters. The number of para-hydroxylation sites is 1. The summed E-state index contributed by atoms with van der Waals surface area (Å²) in [4.78, 5) is 39.5. The molecule has 1 saturated carbocycles. The largest absolute Gasteiger partial charge is 0.496 e. The highest BCUT2D eigenvalue weighted by molar-refractivity contribution is 6.04. The van der Waals surface area contributed by atoms with Crippen LogP contribution in [0, 0.1) is 0 Å². The second kappa shape index (κ2) is 10.9. The van der Waals surface area contributed by atoms with Crippen molar-refractivity contribution in [1.29, 1.82) is 0 Å². The number of carbonyl (C=O) groups is 3. The Morgan fingerprint density at radius 2 is 1.63 bits per heavy atom. The van der Waals surface area contributed by atoms with Crippen molar-refractivity contribution in [1.82, 2.24) is 5.32 Å². The van der Waals surface area contributed by atoms with Gasteiger partial charge in [-0.1, -0.05) is 30.3 Å². The van der Waals surface area contributed by atoms with Crippen molar-refractivity contribution in [2.75, 3.05) is 14.2 Å². The highest BCUT2D eigenvalue weighted by Crippen LogP contribution is 2.47. The molecule has 7 heteroatoms. The van der Waals surface area contributed by atoms with Gasteiger partial charge in [0.2, 0.25) is 0 Å². The fourth-order valence-electron chi connectivity index (χ4n) is 6.02. The van der Waals surface area contributed by atoms with Crippen LogP contribution in [0.1, 0.15) is 78.8 Å². The first-order chi connectivity index (χ1) is 18.4. The van der Waals surface area contributed by atoms with Gasteiger partial charge in [0.15, 0.2) is 5.78 Å². The van der Waals surface area contributed by atoms with Crippen LogP contribution in [0.2, 0.25) is 0 Å². The topological polar surface area (TPSA) is 90.9 Å². The Balaban J connectivity index is 1.55. The lowest BCUT2D eigenvalue weighted by molar-refractivity contribution is -0.144. The lowest BCUT2D eigenvalue weighted by Gasteiger charge is -2.37. The standard InChI is InChI=1S/C31H33NO6/c1-18-27(31(35)38-22-8-4-5-9-22)28(19-12-14-20(15-13-19)30(34)37-3)29-24(32-18)16-21(17-25(29)33)23-10-6-7-11-26(23)36-2/h6-7,10-15,21-22,28,32H,4-5,8-9,16-17H2,1-3H3/t21-,28+/m0/s1. The number of allylic oxidation sites excluding steroid dienone is 3. The van der Waals surface area contributed by atoms with Crippen molar-refractivity contribution in [2.45, 2.75) is 63.4 Å². The van der Waals surface area contributed by atoms with Gasteiger partial charge in [-0.25, -0.2) is 9.59 Å².